The Morgan fingerprint density at radius 1 is 0.750 bits per heavy atom. The van der Waals surface area contributed by atoms with Crippen molar-refractivity contribution in [3.63, 3.8) is 0 Å². The summed E-state index contributed by atoms with van der Waals surface area (Å²) in [4.78, 5) is 0. The van der Waals surface area contributed by atoms with Crippen molar-refractivity contribution in [2.24, 2.45) is 5.41 Å². The van der Waals surface area contributed by atoms with Gasteiger partial charge in [0.15, 0.2) is 0 Å². The molecule has 2 heterocycles. The lowest BCUT2D eigenvalue weighted by molar-refractivity contribution is 0.0375. The van der Waals surface area contributed by atoms with Crippen molar-refractivity contribution in [3.05, 3.63) is 78.9 Å². The van der Waals surface area contributed by atoms with Gasteiger partial charge in [-0.3, -0.25) is 0 Å². The zero-order valence-corrected chi connectivity index (χ0v) is 19.9. The van der Waals surface area contributed by atoms with E-state index in [1.165, 1.54) is 47.5 Å². The van der Waals surface area contributed by atoms with Gasteiger partial charge in [0.25, 0.3) is 0 Å². The molecule has 32 heavy (non-hydrogen) atoms. The molecular formula is C29H27BOS. The molecule has 1 fully saturated rings. The Bertz CT molecular complexity index is 1480. The second-order valence-corrected chi connectivity index (χ2v) is 11.4. The van der Waals surface area contributed by atoms with Crippen molar-refractivity contribution in [1.82, 2.24) is 0 Å². The molecular weight excluding hydrogens is 407 g/mol. The fourth-order valence-corrected chi connectivity index (χ4v) is 6.27. The van der Waals surface area contributed by atoms with Crippen molar-refractivity contribution in [1.29, 1.82) is 0 Å². The zero-order valence-electron chi connectivity index (χ0n) is 19.1. The molecule has 0 amide bonds. The fourth-order valence-electron chi connectivity index (χ4n) is 5.05. The molecule has 0 saturated carbocycles. The van der Waals surface area contributed by atoms with Crippen LogP contribution in [-0.2, 0) is 4.65 Å². The molecule has 4 aromatic carbocycles. The van der Waals surface area contributed by atoms with Gasteiger partial charge in [-0.1, -0.05) is 80.6 Å². The standard InChI is InChI=1S/C29H27BOS/c1-28(2)18-30(31-29(28,3)4)22-10-7-9-20(16-22)21-13-15-26-25(17-21)24-14-12-19-8-5-6-11-23(19)27(24)32-26/h5-17H,18H2,1-4H3. The summed E-state index contributed by atoms with van der Waals surface area (Å²) in [6.45, 7) is 9.22. The van der Waals surface area contributed by atoms with E-state index in [1.54, 1.807) is 0 Å². The SMILES string of the molecule is CC1(C)CB(c2cccc(-c3ccc4sc5c6ccccc6ccc5c4c3)c2)OC1(C)C. The van der Waals surface area contributed by atoms with Crippen LogP contribution in [0.1, 0.15) is 27.7 Å². The molecule has 1 nitrogen and oxygen atoms in total. The summed E-state index contributed by atoms with van der Waals surface area (Å²) in [6, 6.07) is 29.1. The highest BCUT2D eigenvalue weighted by Gasteiger charge is 2.49. The molecule has 0 unspecified atom stereocenters. The Kier molecular flexibility index (Phi) is 4.34. The van der Waals surface area contributed by atoms with Gasteiger partial charge in [0.05, 0.1) is 5.60 Å². The Morgan fingerprint density at radius 3 is 2.38 bits per heavy atom. The van der Waals surface area contributed by atoms with Gasteiger partial charge >= 0.3 is 6.92 Å². The largest absolute Gasteiger partial charge is 0.426 e. The molecule has 1 aliphatic heterocycles. The molecule has 0 N–H and O–H groups in total. The van der Waals surface area contributed by atoms with E-state index in [0.717, 1.165) is 6.32 Å². The summed E-state index contributed by atoms with van der Waals surface area (Å²) < 4.78 is 9.23. The van der Waals surface area contributed by atoms with Crippen LogP contribution in [-0.4, -0.2) is 12.5 Å². The number of hydrogen-bond donors (Lipinski definition) is 0. The Morgan fingerprint density at radius 2 is 1.56 bits per heavy atom. The molecule has 1 aromatic heterocycles. The van der Waals surface area contributed by atoms with Crippen LogP contribution in [0.4, 0.5) is 0 Å². The van der Waals surface area contributed by atoms with E-state index in [1.807, 2.05) is 11.3 Å². The predicted octanol–water partition coefficient (Wildman–Crippen LogP) is 7.91. The summed E-state index contributed by atoms with van der Waals surface area (Å²) in [5.41, 5.74) is 3.84. The van der Waals surface area contributed by atoms with Gasteiger partial charge in [-0.15, -0.1) is 11.3 Å². The Labute approximate surface area is 194 Å². The highest BCUT2D eigenvalue weighted by molar-refractivity contribution is 7.26. The zero-order chi connectivity index (χ0) is 22.1. The lowest BCUT2D eigenvalue weighted by Crippen LogP contribution is -2.36. The van der Waals surface area contributed by atoms with Gasteiger partial charge in [-0.25, -0.2) is 0 Å². The Balaban J connectivity index is 1.44. The third kappa shape index (κ3) is 3.03. The maximum Gasteiger partial charge on any atom is 0.327 e. The first-order valence-corrected chi connectivity index (χ1v) is 12.3. The average molecular weight is 434 g/mol. The maximum absolute atomic E-state index is 6.50. The van der Waals surface area contributed by atoms with E-state index in [4.69, 9.17) is 4.65 Å². The number of hydrogen-bond acceptors (Lipinski definition) is 2. The van der Waals surface area contributed by atoms with Crippen molar-refractivity contribution < 1.29 is 4.65 Å². The van der Waals surface area contributed by atoms with Crippen LogP contribution in [0.5, 0.6) is 0 Å². The molecule has 0 atom stereocenters. The molecule has 3 heteroatoms. The van der Waals surface area contributed by atoms with E-state index in [2.05, 4.69) is 107 Å². The van der Waals surface area contributed by atoms with E-state index >= 15 is 0 Å². The van der Waals surface area contributed by atoms with E-state index in [9.17, 15) is 0 Å². The van der Waals surface area contributed by atoms with Crippen LogP contribution in [0.2, 0.25) is 6.32 Å². The first-order chi connectivity index (χ1) is 15.3. The van der Waals surface area contributed by atoms with Gasteiger partial charge in [-0.2, -0.15) is 0 Å². The average Bonchev–Trinajstić information content (AvgIpc) is 3.27. The third-order valence-electron chi connectivity index (χ3n) is 7.72. The molecule has 6 rings (SSSR count). The number of thiophene rings is 1. The topological polar surface area (TPSA) is 9.23 Å². The smallest absolute Gasteiger partial charge is 0.327 e. The van der Waals surface area contributed by atoms with Crippen molar-refractivity contribution in [2.45, 2.75) is 39.6 Å². The molecule has 158 valence electrons. The quantitative estimate of drug-likeness (QED) is 0.257. The third-order valence-corrected chi connectivity index (χ3v) is 8.94. The molecule has 0 aliphatic carbocycles. The minimum absolute atomic E-state index is 0.120. The van der Waals surface area contributed by atoms with Crippen molar-refractivity contribution >= 4 is 54.7 Å². The number of fused-ring (bicyclic) bond motifs is 5. The lowest BCUT2D eigenvalue weighted by Gasteiger charge is -2.34. The summed E-state index contributed by atoms with van der Waals surface area (Å²) in [5, 5.41) is 5.35. The summed E-state index contributed by atoms with van der Waals surface area (Å²) in [5.74, 6) is 0. The van der Waals surface area contributed by atoms with Gasteiger partial charge in [0.2, 0.25) is 0 Å². The monoisotopic (exact) mass is 434 g/mol. The van der Waals surface area contributed by atoms with E-state index in [0.29, 0.717) is 0 Å². The summed E-state index contributed by atoms with van der Waals surface area (Å²) in [6.07, 6.45) is 1.05. The van der Waals surface area contributed by atoms with Crippen molar-refractivity contribution in [2.75, 3.05) is 0 Å². The minimum atomic E-state index is -0.120. The summed E-state index contributed by atoms with van der Waals surface area (Å²) >= 11 is 1.90. The molecule has 0 spiro atoms. The van der Waals surface area contributed by atoms with Crippen LogP contribution in [0.3, 0.4) is 0 Å². The first kappa shape index (κ1) is 20.0. The predicted molar refractivity (Wildman–Crippen MR) is 141 cm³/mol. The molecule has 0 radical (unpaired) electrons. The van der Waals surface area contributed by atoms with Crippen LogP contribution >= 0.6 is 11.3 Å². The number of rotatable bonds is 2. The summed E-state index contributed by atoms with van der Waals surface area (Å²) in [7, 11) is 0. The van der Waals surface area contributed by atoms with Crippen LogP contribution in [0.15, 0.2) is 78.9 Å². The van der Waals surface area contributed by atoms with Gasteiger partial charge in [-0.05, 0) is 65.1 Å². The minimum Gasteiger partial charge on any atom is -0.426 e. The Hall–Kier alpha value is -2.62. The van der Waals surface area contributed by atoms with Gasteiger partial charge in [0.1, 0.15) is 0 Å². The molecule has 1 aliphatic rings. The fraction of sp³-hybridized carbons (Fsp3) is 0.241. The van der Waals surface area contributed by atoms with Gasteiger partial charge in [0, 0.05) is 20.2 Å². The van der Waals surface area contributed by atoms with Crippen LogP contribution in [0.25, 0.3) is 42.1 Å². The molecule has 1 saturated heterocycles. The molecule has 5 aromatic rings. The maximum atomic E-state index is 6.50. The van der Waals surface area contributed by atoms with Gasteiger partial charge < -0.3 is 4.65 Å². The first-order valence-electron chi connectivity index (χ1n) is 11.4. The van der Waals surface area contributed by atoms with Crippen LogP contribution in [0, 0.1) is 5.41 Å². The lowest BCUT2D eigenvalue weighted by atomic mass is 9.54. The van der Waals surface area contributed by atoms with E-state index in [-0.39, 0.29) is 17.9 Å². The highest BCUT2D eigenvalue weighted by Crippen LogP contribution is 2.45. The normalized spacial score (nSPS) is 17.6. The second-order valence-electron chi connectivity index (χ2n) is 10.3. The molecule has 0 bridgehead atoms. The number of benzene rings is 4. The van der Waals surface area contributed by atoms with Crippen LogP contribution < -0.4 is 5.46 Å². The second kappa shape index (κ2) is 6.94. The van der Waals surface area contributed by atoms with E-state index < -0.39 is 0 Å². The van der Waals surface area contributed by atoms with Crippen molar-refractivity contribution in [3.8, 4) is 11.1 Å². The highest BCUT2D eigenvalue weighted by atomic mass is 32.1.